The molecule has 0 amide bonds. The molecular weight excluding hydrogens is 224 g/mol. The summed E-state index contributed by atoms with van der Waals surface area (Å²) in [6, 6.07) is 4.07. The molecule has 0 spiro atoms. The van der Waals surface area contributed by atoms with Crippen LogP contribution in [0.4, 0.5) is 5.82 Å². The zero-order chi connectivity index (χ0) is 13.5. The van der Waals surface area contributed by atoms with E-state index in [-0.39, 0.29) is 0 Å². The number of hydrogen-bond acceptors (Lipinski definition) is 4. The minimum absolute atomic E-state index is 0.568. The number of aromatic nitrogens is 1. The highest BCUT2D eigenvalue weighted by Gasteiger charge is 2.10. The van der Waals surface area contributed by atoms with Gasteiger partial charge in [0.25, 0.3) is 0 Å². The van der Waals surface area contributed by atoms with Gasteiger partial charge in [-0.2, -0.15) is 0 Å². The fourth-order valence-corrected chi connectivity index (χ4v) is 1.82. The van der Waals surface area contributed by atoms with Crippen molar-refractivity contribution < 1.29 is 0 Å². The first-order valence-electron chi connectivity index (χ1n) is 6.57. The van der Waals surface area contributed by atoms with E-state index in [1.165, 1.54) is 0 Å². The Morgan fingerprint density at radius 2 is 2.00 bits per heavy atom. The average molecular weight is 250 g/mol. The van der Waals surface area contributed by atoms with Gasteiger partial charge in [-0.1, -0.05) is 13.8 Å². The Balaban J connectivity index is 2.79. The predicted octanol–water partition coefficient (Wildman–Crippen LogP) is 1.56. The van der Waals surface area contributed by atoms with Crippen molar-refractivity contribution in [2.24, 2.45) is 11.7 Å². The standard InChI is InChI=1S/C14H26N4/c1-12(2)11-18(8-7-17(3)4)14-9-13(10-15)5-6-16-14/h5-6,9,12H,7-8,10-11,15H2,1-4H3. The number of pyridine rings is 1. The van der Waals surface area contributed by atoms with E-state index in [2.05, 4.69) is 48.8 Å². The molecule has 4 nitrogen and oxygen atoms in total. The quantitative estimate of drug-likeness (QED) is 0.798. The van der Waals surface area contributed by atoms with Crippen LogP contribution in [0, 0.1) is 5.92 Å². The molecule has 0 fully saturated rings. The second-order valence-electron chi connectivity index (χ2n) is 5.37. The second kappa shape index (κ2) is 7.34. The van der Waals surface area contributed by atoms with Crippen LogP contribution in [0.5, 0.6) is 0 Å². The van der Waals surface area contributed by atoms with E-state index >= 15 is 0 Å². The molecule has 1 rings (SSSR count). The molecule has 0 saturated carbocycles. The molecular formula is C14H26N4. The molecule has 0 saturated heterocycles. The first-order valence-corrected chi connectivity index (χ1v) is 6.57. The number of nitrogens with zero attached hydrogens (tertiary/aromatic N) is 3. The van der Waals surface area contributed by atoms with Crippen molar-refractivity contribution in [3.05, 3.63) is 23.9 Å². The van der Waals surface area contributed by atoms with Gasteiger partial charge in [-0.15, -0.1) is 0 Å². The molecule has 1 aromatic heterocycles. The van der Waals surface area contributed by atoms with Crippen molar-refractivity contribution in [2.75, 3.05) is 38.6 Å². The van der Waals surface area contributed by atoms with Crippen LogP contribution in [0.25, 0.3) is 0 Å². The number of nitrogens with two attached hydrogens (primary N) is 1. The van der Waals surface area contributed by atoms with Gasteiger partial charge in [-0.05, 0) is 37.7 Å². The molecule has 0 unspecified atom stereocenters. The van der Waals surface area contributed by atoms with Crippen LogP contribution in [-0.2, 0) is 6.54 Å². The largest absolute Gasteiger partial charge is 0.355 e. The van der Waals surface area contributed by atoms with Crippen LogP contribution in [0.3, 0.4) is 0 Å². The summed E-state index contributed by atoms with van der Waals surface area (Å²) >= 11 is 0. The van der Waals surface area contributed by atoms with Gasteiger partial charge >= 0.3 is 0 Å². The Labute approximate surface area is 111 Å². The summed E-state index contributed by atoms with van der Waals surface area (Å²) < 4.78 is 0. The highest BCUT2D eigenvalue weighted by atomic mass is 15.2. The average Bonchev–Trinajstić information content (AvgIpc) is 2.34. The molecule has 0 atom stereocenters. The summed E-state index contributed by atoms with van der Waals surface area (Å²) in [5, 5.41) is 0. The number of hydrogen-bond donors (Lipinski definition) is 1. The summed E-state index contributed by atoms with van der Waals surface area (Å²) in [7, 11) is 4.19. The lowest BCUT2D eigenvalue weighted by atomic mass is 10.2. The van der Waals surface area contributed by atoms with Crippen LogP contribution in [-0.4, -0.2) is 43.6 Å². The van der Waals surface area contributed by atoms with Crippen molar-refractivity contribution in [3.8, 4) is 0 Å². The molecule has 2 N–H and O–H groups in total. The normalized spacial score (nSPS) is 11.3. The van der Waals surface area contributed by atoms with Gasteiger partial charge in [0.1, 0.15) is 5.82 Å². The maximum atomic E-state index is 5.69. The summed E-state index contributed by atoms with van der Waals surface area (Å²) in [6.07, 6.45) is 1.85. The molecule has 18 heavy (non-hydrogen) atoms. The van der Waals surface area contributed by atoms with E-state index in [0.717, 1.165) is 31.0 Å². The fourth-order valence-electron chi connectivity index (χ4n) is 1.82. The van der Waals surface area contributed by atoms with Gasteiger partial charge in [-0.25, -0.2) is 4.98 Å². The Bertz CT molecular complexity index is 349. The third kappa shape index (κ3) is 5.02. The SMILES string of the molecule is CC(C)CN(CCN(C)C)c1cc(CN)ccn1. The van der Waals surface area contributed by atoms with Crippen molar-refractivity contribution in [1.82, 2.24) is 9.88 Å². The highest BCUT2D eigenvalue weighted by Crippen LogP contribution is 2.14. The van der Waals surface area contributed by atoms with E-state index in [1.807, 2.05) is 12.3 Å². The van der Waals surface area contributed by atoms with Crippen molar-refractivity contribution in [2.45, 2.75) is 20.4 Å². The third-order valence-electron chi connectivity index (χ3n) is 2.77. The molecule has 1 aromatic rings. The van der Waals surface area contributed by atoms with Crippen LogP contribution in [0.1, 0.15) is 19.4 Å². The molecule has 0 aliphatic heterocycles. The van der Waals surface area contributed by atoms with E-state index in [4.69, 9.17) is 5.73 Å². The Hall–Kier alpha value is -1.13. The molecule has 0 aromatic carbocycles. The van der Waals surface area contributed by atoms with Gasteiger partial charge in [0, 0.05) is 32.4 Å². The summed E-state index contributed by atoms with van der Waals surface area (Å²) in [5.74, 6) is 1.66. The Morgan fingerprint density at radius 1 is 1.28 bits per heavy atom. The molecule has 1 heterocycles. The number of likely N-dealkylation sites (N-methyl/N-ethyl adjacent to an activating group) is 1. The van der Waals surface area contributed by atoms with E-state index in [1.54, 1.807) is 0 Å². The maximum Gasteiger partial charge on any atom is 0.128 e. The van der Waals surface area contributed by atoms with Crippen molar-refractivity contribution in [3.63, 3.8) is 0 Å². The van der Waals surface area contributed by atoms with Gasteiger partial charge in [-0.3, -0.25) is 0 Å². The Morgan fingerprint density at radius 3 is 2.56 bits per heavy atom. The lowest BCUT2D eigenvalue weighted by Crippen LogP contribution is -2.35. The molecule has 0 bridgehead atoms. The van der Waals surface area contributed by atoms with Crippen LogP contribution >= 0.6 is 0 Å². The van der Waals surface area contributed by atoms with Gasteiger partial charge < -0.3 is 15.5 Å². The summed E-state index contributed by atoms with van der Waals surface area (Å²) in [5.41, 5.74) is 6.83. The molecule has 102 valence electrons. The van der Waals surface area contributed by atoms with Crippen LogP contribution < -0.4 is 10.6 Å². The van der Waals surface area contributed by atoms with Crippen molar-refractivity contribution >= 4 is 5.82 Å². The van der Waals surface area contributed by atoms with E-state index in [0.29, 0.717) is 12.5 Å². The third-order valence-corrected chi connectivity index (χ3v) is 2.77. The first-order chi connectivity index (χ1) is 8.52. The monoisotopic (exact) mass is 250 g/mol. The smallest absolute Gasteiger partial charge is 0.128 e. The zero-order valence-corrected chi connectivity index (χ0v) is 12.1. The van der Waals surface area contributed by atoms with Gasteiger partial charge in [0.05, 0.1) is 0 Å². The van der Waals surface area contributed by atoms with Crippen LogP contribution in [0.15, 0.2) is 18.3 Å². The van der Waals surface area contributed by atoms with Gasteiger partial charge in [0.2, 0.25) is 0 Å². The molecule has 0 aliphatic carbocycles. The van der Waals surface area contributed by atoms with E-state index in [9.17, 15) is 0 Å². The topological polar surface area (TPSA) is 45.4 Å². The summed E-state index contributed by atoms with van der Waals surface area (Å²) in [4.78, 5) is 9.00. The van der Waals surface area contributed by atoms with Gasteiger partial charge in [0.15, 0.2) is 0 Å². The maximum absolute atomic E-state index is 5.69. The second-order valence-corrected chi connectivity index (χ2v) is 5.37. The predicted molar refractivity (Wildman–Crippen MR) is 77.7 cm³/mol. The minimum atomic E-state index is 0.568. The summed E-state index contributed by atoms with van der Waals surface area (Å²) in [6.45, 7) is 8.08. The first kappa shape index (κ1) is 14.9. The number of anilines is 1. The van der Waals surface area contributed by atoms with Crippen molar-refractivity contribution in [1.29, 1.82) is 0 Å². The van der Waals surface area contributed by atoms with Crippen LogP contribution in [0.2, 0.25) is 0 Å². The highest BCUT2D eigenvalue weighted by molar-refractivity contribution is 5.41. The molecule has 0 aliphatic rings. The lowest BCUT2D eigenvalue weighted by molar-refractivity contribution is 0.408. The lowest BCUT2D eigenvalue weighted by Gasteiger charge is -2.27. The fraction of sp³-hybridized carbons (Fsp3) is 0.643. The zero-order valence-electron chi connectivity index (χ0n) is 12.1. The minimum Gasteiger partial charge on any atom is -0.355 e. The molecule has 0 radical (unpaired) electrons. The number of rotatable bonds is 7. The van der Waals surface area contributed by atoms with E-state index < -0.39 is 0 Å². The Kier molecular flexibility index (Phi) is 6.09. The molecule has 4 heteroatoms.